The zero-order chi connectivity index (χ0) is 13.4. The fourth-order valence-electron chi connectivity index (χ4n) is 2.77. The van der Waals surface area contributed by atoms with Gasteiger partial charge in [-0.05, 0) is 41.3 Å². The quantitative estimate of drug-likeness (QED) is 0.916. The zero-order valence-corrected chi connectivity index (χ0v) is 11.7. The van der Waals surface area contributed by atoms with Gasteiger partial charge in [0.25, 0.3) is 5.91 Å². The summed E-state index contributed by atoms with van der Waals surface area (Å²) in [4.78, 5) is 14.6. The van der Waals surface area contributed by atoms with Crippen LogP contribution in [0, 0.1) is 0 Å². The Kier molecular flexibility index (Phi) is 3.06. The van der Waals surface area contributed by atoms with E-state index in [1.807, 2.05) is 11.9 Å². The number of nitrogen functional groups attached to an aromatic ring is 1. The summed E-state index contributed by atoms with van der Waals surface area (Å²) in [5, 5.41) is 4.20. The molecule has 2 aromatic rings. The molecule has 0 radical (unpaired) electrons. The molecule has 0 aliphatic carbocycles. The van der Waals surface area contributed by atoms with E-state index in [-0.39, 0.29) is 11.9 Å². The van der Waals surface area contributed by atoms with E-state index in [0.717, 1.165) is 19.4 Å². The summed E-state index contributed by atoms with van der Waals surface area (Å²) in [5.74, 6) is 0.0768. The second kappa shape index (κ2) is 4.74. The smallest absolute Gasteiger partial charge is 0.271 e. The van der Waals surface area contributed by atoms with E-state index in [1.165, 1.54) is 5.56 Å². The molecule has 4 nitrogen and oxygen atoms in total. The van der Waals surface area contributed by atoms with Gasteiger partial charge in [0.1, 0.15) is 5.69 Å². The Hall–Kier alpha value is -1.75. The Morgan fingerprint density at radius 3 is 3.00 bits per heavy atom. The lowest BCUT2D eigenvalue weighted by molar-refractivity contribution is 0.0726. The molecule has 1 unspecified atom stereocenters. The third-order valence-corrected chi connectivity index (χ3v) is 4.39. The minimum atomic E-state index is 0.0768. The number of hydrogen-bond donors (Lipinski definition) is 1. The summed E-state index contributed by atoms with van der Waals surface area (Å²) in [5.41, 5.74) is 8.31. The van der Waals surface area contributed by atoms with Crippen molar-refractivity contribution in [3.8, 4) is 0 Å². The third-order valence-electron chi connectivity index (χ3n) is 3.69. The van der Waals surface area contributed by atoms with E-state index in [9.17, 15) is 4.79 Å². The first kappa shape index (κ1) is 12.3. The van der Waals surface area contributed by atoms with Crippen LogP contribution in [-0.4, -0.2) is 21.9 Å². The van der Waals surface area contributed by atoms with Gasteiger partial charge >= 0.3 is 0 Å². The number of aryl methyl sites for hydroxylation is 1. The molecular weight excluding hydrogens is 258 g/mol. The van der Waals surface area contributed by atoms with Crippen molar-refractivity contribution in [2.45, 2.75) is 18.9 Å². The summed E-state index contributed by atoms with van der Waals surface area (Å²) in [6, 6.07) is 4.08. The number of carbonyl (C=O) groups is 1. The van der Waals surface area contributed by atoms with Crippen molar-refractivity contribution in [3.05, 3.63) is 40.3 Å². The van der Waals surface area contributed by atoms with Crippen LogP contribution < -0.4 is 5.73 Å². The molecule has 19 heavy (non-hydrogen) atoms. The van der Waals surface area contributed by atoms with Gasteiger partial charge < -0.3 is 15.2 Å². The van der Waals surface area contributed by atoms with E-state index in [1.54, 1.807) is 28.2 Å². The number of amides is 1. The van der Waals surface area contributed by atoms with Gasteiger partial charge in [-0.15, -0.1) is 0 Å². The minimum absolute atomic E-state index is 0.0768. The van der Waals surface area contributed by atoms with Gasteiger partial charge in [0, 0.05) is 19.8 Å². The van der Waals surface area contributed by atoms with Crippen molar-refractivity contribution in [2.75, 3.05) is 12.3 Å². The average Bonchev–Trinajstić information content (AvgIpc) is 3.06. The molecule has 0 saturated carbocycles. The van der Waals surface area contributed by atoms with Gasteiger partial charge in [0.15, 0.2) is 0 Å². The number of aromatic nitrogens is 1. The van der Waals surface area contributed by atoms with Crippen LogP contribution in [0.5, 0.6) is 0 Å². The molecule has 1 aliphatic heterocycles. The first-order valence-electron chi connectivity index (χ1n) is 6.41. The summed E-state index contributed by atoms with van der Waals surface area (Å²) >= 11 is 1.68. The summed E-state index contributed by atoms with van der Waals surface area (Å²) in [6.45, 7) is 0.824. The molecule has 1 saturated heterocycles. The largest absolute Gasteiger partial charge is 0.397 e. The Morgan fingerprint density at radius 1 is 1.53 bits per heavy atom. The summed E-state index contributed by atoms with van der Waals surface area (Å²) in [6.07, 6.45) is 3.89. The molecule has 1 atom stereocenters. The number of thiophene rings is 1. The van der Waals surface area contributed by atoms with E-state index in [2.05, 4.69) is 16.8 Å². The van der Waals surface area contributed by atoms with Gasteiger partial charge in [-0.25, -0.2) is 0 Å². The fourth-order valence-corrected chi connectivity index (χ4v) is 3.48. The number of anilines is 1. The monoisotopic (exact) mass is 275 g/mol. The van der Waals surface area contributed by atoms with Crippen LogP contribution in [0.2, 0.25) is 0 Å². The standard InChI is InChI=1S/C14H17N3OS/c1-16-8-11(15)7-13(16)14(18)17-5-2-3-12(17)10-4-6-19-9-10/h4,6-9,12H,2-3,5,15H2,1H3. The molecule has 1 amide bonds. The van der Waals surface area contributed by atoms with Gasteiger partial charge in [0.2, 0.25) is 0 Å². The molecule has 1 fully saturated rings. The number of nitrogens with zero attached hydrogens (tertiary/aromatic N) is 2. The topological polar surface area (TPSA) is 51.3 Å². The molecule has 3 heterocycles. The average molecular weight is 275 g/mol. The number of rotatable bonds is 2. The van der Waals surface area contributed by atoms with Crippen molar-refractivity contribution >= 4 is 22.9 Å². The number of nitrogens with two attached hydrogens (primary N) is 1. The molecule has 0 bridgehead atoms. The maximum Gasteiger partial charge on any atom is 0.271 e. The maximum absolute atomic E-state index is 12.6. The molecule has 1 aliphatic rings. The first-order chi connectivity index (χ1) is 9.16. The minimum Gasteiger partial charge on any atom is -0.397 e. The molecule has 2 N–H and O–H groups in total. The van der Waals surface area contributed by atoms with E-state index in [0.29, 0.717) is 11.4 Å². The predicted octanol–water partition coefficient (Wildman–Crippen LogP) is 2.65. The van der Waals surface area contributed by atoms with Gasteiger partial charge in [0.05, 0.1) is 11.7 Å². The lowest BCUT2D eigenvalue weighted by atomic mass is 10.1. The predicted molar refractivity (Wildman–Crippen MR) is 77.2 cm³/mol. The van der Waals surface area contributed by atoms with Crippen molar-refractivity contribution in [2.24, 2.45) is 7.05 Å². The Labute approximate surface area is 116 Å². The van der Waals surface area contributed by atoms with Crippen molar-refractivity contribution in [1.82, 2.24) is 9.47 Å². The number of carbonyl (C=O) groups excluding carboxylic acids is 1. The van der Waals surface area contributed by atoms with Gasteiger partial charge in [-0.3, -0.25) is 4.79 Å². The highest BCUT2D eigenvalue weighted by Crippen LogP contribution is 2.34. The van der Waals surface area contributed by atoms with Crippen molar-refractivity contribution < 1.29 is 4.79 Å². The van der Waals surface area contributed by atoms with Crippen LogP contribution in [0.15, 0.2) is 29.1 Å². The first-order valence-corrected chi connectivity index (χ1v) is 7.36. The molecular formula is C14H17N3OS. The fraction of sp³-hybridized carbons (Fsp3) is 0.357. The van der Waals surface area contributed by atoms with E-state index in [4.69, 9.17) is 5.73 Å². The second-order valence-corrected chi connectivity index (χ2v) is 5.76. The Morgan fingerprint density at radius 2 is 2.37 bits per heavy atom. The van der Waals surface area contributed by atoms with Crippen LogP contribution >= 0.6 is 11.3 Å². The lowest BCUT2D eigenvalue weighted by Gasteiger charge is -2.24. The molecule has 0 spiro atoms. The summed E-state index contributed by atoms with van der Waals surface area (Å²) in [7, 11) is 1.86. The molecule has 0 aromatic carbocycles. The summed E-state index contributed by atoms with van der Waals surface area (Å²) < 4.78 is 1.81. The van der Waals surface area contributed by atoms with Crippen LogP contribution in [-0.2, 0) is 7.05 Å². The highest BCUT2D eigenvalue weighted by Gasteiger charge is 2.31. The lowest BCUT2D eigenvalue weighted by Crippen LogP contribution is -2.31. The highest BCUT2D eigenvalue weighted by atomic mass is 32.1. The van der Waals surface area contributed by atoms with Gasteiger partial charge in [-0.2, -0.15) is 11.3 Å². The number of likely N-dealkylation sites (tertiary alicyclic amines) is 1. The number of hydrogen-bond acceptors (Lipinski definition) is 3. The molecule has 5 heteroatoms. The van der Waals surface area contributed by atoms with Crippen LogP contribution in [0.25, 0.3) is 0 Å². The molecule has 2 aromatic heterocycles. The Bertz CT molecular complexity index is 588. The maximum atomic E-state index is 12.6. The molecule has 100 valence electrons. The van der Waals surface area contributed by atoms with Crippen LogP contribution in [0.3, 0.4) is 0 Å². The third kappa shape index (κ3) is 2.14. The van der Waals surface area contributed by atoms with E-state index >= 15 is 0 Å². The van der Waals surface area contributed by atoms with Crippen LogP contribution in [0.1, 0.15) is 34.9 Å². The SMILES string of the molecule is Cn1cc(N)cc1C(=O)N1CCCC1c1ccsc1. The van der Waals surface area contributed by atoms with E-state index < -0.39 is 0 Å². The zero-order valence-electron chi connectivity index (χ0n) is 10.9. The normalized spacial score (nSPS) is 19.0. The van der Waals surface area contributed by atoms with Crippen LogP contribution in [0.4, 0.5) is 5.69 Å². The van der Waals surface area contributed by atoms with Crippen molar-refractivity contribution in [3.63, 3.8) is 0 Å². The van der Waals surface area contributed by atoms with Crippen molar-refractivity contribution in [1.29, 1.82) is 0 Å². The second-order valence-electron chi connectivity index (χ2n) is 4.98. The van der Waals surface area contributed by atoms with Gasteiger partial charge in [-0.1, -0.05) is 0 Å². The Balaban J connectivity index is 1.89. The molecule has 3 rings (SSSR count). The highest BCUT2D eigenvalue weighted by molar-refractivity contribution is 7.07.